The van der Waals surface area contributed by atoms with Crippen LogP contribution in [0.2, 0.25) is 4.34 Å². The Morgan fingerprint density at radius 2 is 2.05 bits per heavy atom. The van der Waals surface area contributed by atoms with Gasteiger partial charge >= 0.3 is 0 Å². The van der Waals surface area contributed by atoms with E-state index in [0.29, 0.717) is 16.9 Å². The predicted molar refractivity (Wildman–Crippen MR) is 80.2 cm³/mol. The smallest absolute Gasteiger partial charge is 0.186 e. The zero-order valence-corrected chi connectivity index (χ0v) is 12.7. The van der Waals surface area contributed by atoms with Gasteiger partial charge in [0.15, 0.2) is 5.78 Å². The van der Waals surface area contributed by atoms with E-state index in [9.17, 15) is 4.79 Å². The van der Waals surface area contributed by atoms with Gasteiger partial charge in [-0.1, -0.05) is 24.4 Å². The van der Waals surface area contributed by atoms with Crippen molar-refractivity contribution >= 4 is 28.7 Å². The third-order valence-corrected chi connectivity index (χ3v) is 5.83. The molecule has 1 aromatic heterocycles. The fraction of sp³-hybridized carbons (Fsp3) is 0.667. The topological polar surface area (TPSA) is 20.3 Å². The van der Waals surface area contributed by atoms with Crippen LogP contribution in [-0.2, 0) is 0 Å². The van der Waals surface area contributed by atoms with Gasteiger partial charge in [-0.25, -0.2) is 0 Å². The highest BCUT2D eigenvalue weighted by Crippen LogP contribution is 2.35. The molecule has 0 amide bonds. The molecule has 0 spiro atoms. The minimum absolute atomic E-state index is 0.239. The predicted octanol–water partition coefficient (Wildman–Crippen LogP) is 4.24. The average Bonchev–Trinajstić information content (AvgIpc) is 2.86. The van der Waals surface area contributed by atoms with E-state index in [1.807, 2.05) is 12.1 Å². The van der Waals surface area contributed by atoms with E-state index >= 15 is 0 Å². The summed E-state index contributed by atoms with van der Waals surface area (Å²) in [4.78, 5) is 15.6. The molecule has 2 aliphatic rings. The third kappa shape index (κ3) is 3.04. The number of carbonyl (C=O) groups excluding carboxylic acids is 1. The minimum Gasteiger partial charge on any atom is -0.293 e. The number of fused-ring (bicyclic) bond motifs is 1. The van der Waals surface area contributed by atoms with Crippen LogP contribution in [0.3, 0.4) is 0 Å². The molecule has 2 atom stereocenters. The van der Waals surface area contributed by atoms with Crippen LogP contribution in [0.15, 0.2) is 12.1 Å². The standard InChI is InChI=1S/C15H20ClNOS/c16-15-8-7-14(19-15)13(18)10-17-9-3-5-11-4-1-2-6-12(11)17/h7-8,11-12H,1-6,9-10H2. The number of ketones is 1. The number of hydrogen-bond donors (Lipinski definition) is 0. The molecule has 0 radical (unpaired) electrons. The largest absolute Gasteiger partial charge is 0.293 e. The first-order valence-electron chi connectivity index (χ1n) is 7.26. The van der Waals surface area contributed by atoms with Crippen LogP contribution in [0.4, 0.5) is 0 Å². The molecule has 2 unspecified atom stereocenters. The molecule has 0 N–H and O–H groups in total. The van der Waals surface area contributed by atoms with Gasteiger partial charge in [-0.2, -0.15) is 0 Å². The van der Waals surface area contributed by atoms with Crippen molar-refractivity contribution in [2.45, 2.75) is 44.6 Å². The van der Waals surface area contributed by atoms with Crippen LogP contribution in [-0.4, -0.2) is 29.8 Å². The molecule has 0 aromatic carbocycles. The van der Waals surface area contributed by atoms with Crippen molar-refractivity contribution in [3.05, 3.63) is 21.3 Å². The summed E-state index contributed by atoms with van der Waals surface area (Å²) in [7, 11) is 0. The number of piperidine rings is 1. The lowest BCUT2D eigenvalue weighted by Crippen LogP contribution is -2.48. The van der Waals surface area contributed by atoms with Crippen molar-refractivity contribution in [3.8, 4) is 0 Å². The molecule has 1 aliphatic carbocycles. The molecule has 1 aliphatic heterocycles. The van der Waals surface area contributed by atoms with Gasteiger partial charge in [0.1, 0.15) is 0 Å². The lowest BCUT2D eigenvalue weighted by Gasteiger charge is -2.43. The summed E-state index contributed by atoms with van der Waals surface area (Å²) in [5.41, 5.74) is 0. The molecule has 4 heteroatoms. The number of carbonyl (C=O) groups is 1. The van der Waals surface area contributed by atoms with Gasteiger partial charge in [0, 0.05) is 6.04 Å². The van der Waals surface area contributed by atoms with Crippen LogP contribution in [0, 0.1) is 5.92 Å². The Kier molecular flexibility index (Phi) is 4.25. The highest BCUT2D eigenvalue weighted by Gasteiger charge is 2.34. The Hall–Kier alpha value is -0.380. The Morgan fingerprint density at radius 3 is 2.84 bits per heavy atom. The van der Waals surface area contributed by atoms with Crippen LogP contribution in [0.1, 0.15) is 48.2 Å². The first-order valence-corrected chi connectivity index (χ1v) is 8.46. The Morgan fingerprint density at radius 1 is 1.26 bits per heavy atom. The highest BCUT2D eigenvalue weighted by atomic mass is 35.5. The molecule has 1 saturated heterocycles. The van der Waals surface area contributed by atoms with E-state index in [1.165, 1.54) is 49.9 Å². The number of rotatable bonds is 3. The first kappa shape index (κ1) is 13.6. The third-order valence-electron chi connectivity index (χ3n) is 4.55. The summed E-state index contributed by atoms with van der Waals surface area (Å²) >= 11 is 7.31. The van der Waals surface area contributed by atoms with Crippen molar-refractivity contribution in [1.82, 2.24) is 4.90 Å². The van der Waals surface area contributed by atoms with Crippen molar-refractivity contribution in [2.24, 2.45) is 5.92 Å². The Bertz CT molecular complexity index is 457. The number of Topliss-reactive ketones (excluding diaryl/α,β-unsaturated/α-hetero) is 1. The quantitative estimate of drug-likeness (QED) is 0.778. The second-order valence-corrected chi connectivity index (χ2v) is 7.47. The fourth-order valence-electron chi connectivity index (χ4n) is 3.65. The molecule has 2 heterocycles. The zero-order valence-electron chi connectivity index (χ0n) is 11.1. The normalized spacial score (nSPS) is 28.1. The molecule has 1 saturated carbocycles. The van der Waals surface area contributed by atoms with Gasteiger partial charge in [-0.15, -0.1) is 11.3 Å². The summed E-state index contributed by atoms with van der Waals surface area (Å²) in [5, 5.41) is 0. The van der Waals surface area contributed by atoms with Crippen LogP contribution < -0.4 is 0 Å². The van der Waals surface area contributed by atoms with Crippen LogP contribution >= 0.6 is 22.9 Å². The van der Waals surface area contributed by atoms with Gasteiger partial charge in [-0.3, -0.25) is 9.69 Å². The van der Waals surface area contributed by atoms with Crippen molar-refractivity contribution in [3.63, 3.8) is 0 Å². The summed E-state index contributed by atoms with van der Waals surface area (Å²) in [6.07, 6.45) is 7.96. The average molecular weight is 298 g/mol. The first-order chi connectivity index (χ1) is 9.24. The molecule has 19 heavy (non-hydrogen) atoms. The van der Waals surface area contributed by atoms with Crippen LogP contribution in [0.25, 0.3) is 0 Å². The monoisotopic (exact) mass is 297 g/mol. The Labute approximate surface area is 123 Å². The highest BCUT2D eigenvalue weighted by molar-refractivity contribution is 7.18. The zero-order chi connectivity index (χ0) is 13.2. The molecule has 2 fully saturated rings. The summed E-state index contributed by atoms with van der Waals surface area (Å²) in [6, 6.07) is 4.33. The number of nitrogens with zero attached hydrogens (tertiary/aromatic N) is 1. The van der Waals surface area contributed by atoms with Crippen molar-refractivity contribution in [1.29, 1.82) is 0 Å². The molecule has 3 rings (SSSR count). The summed E-state index contributed by atoms with van der Waals surface area (Å²) in [5.74, 6) is 1.07. The molecular weight excluding hydrogens is 278 g/mol. The summed E-state index contributed by atoms with van der Waals surface area (Å²) < 4.78 is 0.706. The fourth-order valence-corrected chi connectivity index (χ4v) is 4.62. The molecule has 1 aromatic rings. The number of hydrogen-bond acceptors (Lipinski definition) is 3. The summed E-state index contributed by atoms with van der Waals surface area (Å²) in [6.45, 7) is 1.67. The number of likely N-dealkylation sites (tertiary alicyclic amines) is 1. The van der Waals surface area contributed by atoms with Gasteiger partial charge in [0.25, 0.3) is 0 Å². The van der Waals surface area contributed by atoms with E-state index in [2.05, 4.69) is 4.90 Å². The minimum atomic E-state index is 0.239. The van der Waals surface area contributed by atoms with Gasteiger partial charge < -0.3 is 0 Å². The van der Waals surface area contributed by atoms with Crippen molar-refractivity contribution in [2.75, 3.05) is 13.1 Å². The lowest BCUT2D eigenvalue weighted by atomic mass is 9.78. The van der Waals surface area contributed by atoms with Gasteiger partial charge in [0.2, 0.25) is 0 Å². The second-order valence-electron chi connectivity index (χ2n) is 5.75. The second kappa shape index (κ2) is 5.94. The number of halogens is 1. The number of thiophene rings is 1. The molecule has 0 bridgehead atoms. The SMILES string of the molecule is O=C(CN1CCCC2CCCCC21)c1ccc(Cl)s1. The maximum Gasteiger partial charge on any atom is 0.186 e. The van der Waals surface area contributed by atoms with Gasteiger partial charge in [-0.05, 0) is 50.3 Å². The van der Waals surface area contributed by atoms with E-state index in [0.717, 1.165) is 17.3 Å². The lowest BCUT2D eigenvalue weighted by molar-refractivity contribution is 0.0541. The van der Waals surface area contributed by atoms with Crippen molar-refractivity contribution < 1.29 is 4.79 Å². The van der Waals surface area contributed by atoms with E-state index in [1.54, 1.807) is 0 Å². The van der Waals surface area contributed by atoms with E-state index in [4.69, 9.17) is 11.6 Å². The molecule has 2 nitrogen and oxygen atoms in total. The maximum absolute atomic E-state index is 12.3. The Balaban J connectivity index is 1.66. The van der Waals surface area contributed by atoms with Gasteiger partial charge in [0.05, 0.1) is 15.8 Å². The maximum atomic E-state index is 12.3. The van der Waals surface area contributed by atoms with E-state index < -0.39 is 0 Å². The van der Waals surface area contributed by atoms with Crippen LogP contribution in [0.5, 0.6) is 0 Å². The van der Waals surface area contributed by atoms with E-state index in [-0.39, 0.29) is 5.78 Å². The molecular formula is C15H20ClNOS. The molecule has 104 valence electrons.